The molecule has 0 heterocycles. The molecule has 1 rings (SSSR count). The highest BCUT2D eigenvalue weighted by Crippen LogP contribution is 2.15. The van der Waals surface area contributed by atoms with Gasteiger partial charge in [-0.2, -0.15) is 0 Å². The minimum Gasteiger partial charge on any atom is -0.480 e. The Balaban J connectivity index is 2.63. The van der Waals surface area contributed by atoms with Gasteiger partial charge >= 0.3 is 12.0 Å². The SMILES string of the molecule is COCCC(NC(=O)Nc1ccc(C)cc1C)C(=O)O. The van der Waals surface area contributed by atoms with Crippen LogP contribution >= 0.6 is 0 Å². The monoisotopic (exact) mass is 280 g/mol. The molecule has 1 aromatic rings. The van der Waals surface area contributed by atoms with Gasteiger partial charge in [0, 0.05) is 25.8 Å². The van der Waals surface area contributed by atoms with Crippen LogP contribution in [0, 0.1) is 13.8 Å². The zero-order valence-electron chi connectivity index (χ0n) is 11.9. The third-order valence-corrected chi connectivity index (χ3v) is 2.84. The van der Waals surface area contributed by atoms with E-state index in [1.807, 2.05) is 26.0 Å². The molecule has 0 aromatic heterocycles. The third-order valence-electron chi connectivity index (χ3n) is 2.84. The lowest BCUT2D eigenvalue weighted by Crippen LogP contribution is -2.43. The highest BCUT2D eigenvalue weighted by atomic mass is 16.5. The summed E-state index contributed by atoms with van der Waals surface area (Å²) in [7, 11) is 1.48. The molecule has 2 amide bonds. The molecule has 0 saturated carbocycles. The number of aryl methyl sites for hydroxylation is 2. The maximum absolute atomic E-state index is 11.8. The number of hydrogen-bond donors (Lipinski definition) is 3. The van der Waals surface area contributed by atoms with E-state index in [4.69, 9.17) is 9.84 Å². The van der Waals surface area contributed by atoms with E-state index in [0.29, 0.717) is 5.69 Å². The second-order valence-corrected chi connectivity index (χ2v) is 4.59. The Morgan fingerprint density at radius 3 is 2.60 bits per heavy atom. The molecular weight excluding hydrogens is 260 g/mol. The summed E-state index contributed by atoms with van der Waals surface area (Å²) in [5.41, 5.74) is 2.67. The van der Waals surface area contributed by atoms with Gasteiger partial charge in [0.1, 0.15) is 6.04 Å². The van der Waals surface area contributed by atoms with E-state index in [2.05, 4.69) is 10.6 Å². The van der Waals surface area contributed by atoms with Gasteiger partial charge in [0.25, 0.3) is 0 Å². The van der Waals surface area contributed by atoms with Crippen LogP contribution in [0.1, 0.15) is 17.5 Å². The molecule has 6 nitrogen and oxygen atoms in total. The largest absolute Gasteiger partial charge is 0.480 e. The van der Waals surface area contributed by atoms with Crippen LogP contribution in [0.5, 0.6) is 0 Å². The van der Waals surface area contributed by atoms with Crippen LogP contribution in [0.3, 0.4) is 0 Å². The molecule has 0 spiro atoms. The van der Waals surface area contributed by atoms with Crippen LogP contribution in [0.25, 0.3) is 0 Å². The summed E-state index contributed by atoms with van der Waals surface area (Å²) in [4.78, 5) is 22.8. The van der Waals surface area contributed by atoms with Crippen LogP contribution in [-0.2, 0) is 9.53 Å². The van der Waals surface area contributed by atoms with Crippen molar-refractivity contribution < 1.29 is 19.4 Å². The number of carbonyl (C=O) groups is 2. The summed E-state index contributed by atoms with van der Waals surface area (Å²) < 4.78 is 4.82. The van der Waals surface area contributed by atoms with Crippen molar-refractivity contribution in [1.29, 1.82) is 0 Å². The van der Waals surface area contributed by atoms with Crippen LogP contribution < -0.4 is 10.6 Å². The summed E-state index contributed by atoms with van der Waals surface area (Å²) in [5, 5.41) is 14.1. The van der Waals surface area contributed by atoms with Crippen molar-refractivity contribution in [2.75, 3.05) is 19.0 Å². The lowest BCUT2D eigenvalue weighted by atomic mass is 10.1. The van der Waals surface area contributed by atoms with Gasteiger partial charge in [-0.15, -0.1) is 0 Å². The molecule has 20 heavy (non-hydrogen) atoms. The minimum atomic E-state index is -1.09. The number of benzene rings is 1. The summed E-state index contributed by atoms with van der Waals surface area (Å²) in [6.07, 6.45) is 0.214. The predicted molar refractivity (Wildman–Crippen MR) is 76.0 cm³/mol. The topological polar surface area (TPSA) is 87.7 Å². The van der Waals surface area contributed by atoms with Crippen molar-refractivity contribution in [3.8, 4) is 0 Å². The van der Waals surface area contributed by atoms with Crippen molar-refractivity contribution in [1.82, 2.24) is 5.32 Å². The average molecular weight is 280 g/mol. The number of carboxylic acid groups (broad SMARTS) is 1. The molecule has 110 valence electrons. The molecule has 1 unspecified atom stereocenters. The fraction of sp³-hybridized carbons (Fsp3) is 0.429. The molecule has 3 N–H and O–H groups in total. The van der Waals surface area contributed by atoms with Gasteiger partial charge in [0.2, 0.25) is 0 Å². The van der Waals surface area contributed by atoms with Crippen molar-refractivity contribution in [2.24, 2.45) is 0 Å². The summed E-state index contributed by atoms with van der Waals surface area (Å²) in [6, 6.07) is 4.09. The van der Waals surface area contributed by atoms with E-state index < -0.39 is 18.0 Å². The zero-order chi connectivity index (χ0) is 15.1. The molecular formula is C14H20N2O4. The fourth-order valence-electron chi connectivity index (χ4n) is 1.76. The first-order valence-corrected chi connectivity index (χ1v) is 6.30. The lowest BCUT2D eigenvalue weighted by Gasteiger charge is -2.15. The van der Waals surface area contributed by atoms with E-state index in [1.165, 1.54) is 7.11 Å². The van der Waals surface area contributed by atoms with Crippen molar-refractivity contribution in [2.45, 2.75) is 26.3 Å². The molecule has 0 fully saturated rings. The molecule has 0 aliphatic carbocycles. The number of ether oxygens (including phenoxy) is 1. The number of urea groups is 1. The molecule has 6 heteroatoms. The number of carbonyl (C=O) groups excluding carboxylic acids is 1. The maximum Gasteiger partial charge on any atom is 0.326 e. The summed E-state index contributed by atoms with van der Waals surface area (Å²) in [6.45, 7) is 4.10. The number of methoxy groups -OCH3 is 1. The third kappa shape index (κ3) is 4.89. The van der Waals surface area contributed by atoms with E-state index in [1.54, 1.807) is 6.07 Å². The van der Waals surface area contributed by atoms with Gasteiger partial charge in [-0.3, -0.25) is 0 Å². The Morgan fingerprint density at radius 1 is 1.35 bits per heavy atom. The Kier molecular flexibility index (Phi) is 5.99. The summed E-state index contributed by atoms with van der Waals surface area (Å²) in [5.74, 6) is -1.09. The number of anilines is 1. The molecule has 1 atom stereocenters. The molecule has 0 aliphatic rings. The first kappa shape index (κ1) is 16.0. The molecule has 1 aromatic carbocycles. The highest BCUT2D eigenvalue weighted by molar-refractivity contribution is 5.92. The smallest absolute Gasteiger partial charge is 0.326 e. The van der Waals surface area contributed by atoms with Crippen molar-refractivity contribution >= 4 is 17.7 Å². The van der Waals surface area contributed by atoms with E-state index in [9.17, 15) is 9.59 Å². The minimum absolute atomic E-state index is 0.214. The van der Waals surface area contributed by atoms with Crippen molar-refractivity contribution in [3.63, 3.8) is 0 Å². The van der Waals surface area contributed by atoms with Gasteiger partial charge in [-0.25, -0.2) is 9.59 Å². The number of carboxylic acids is 1. The lowest BCUT2D eigenvalue weighted by molar-refractivity contribution is -0.139. The highest BCUT2D eigenvalue weighted by Gasteiger charge is 2.19. The zero-order valence-corrected chi connectivity index (χ0v) is 11.9. The second kappa shape index (κ2) is 7.49. The number of hydrogen-bond acceptors (Lipinski definition) is 3. The van der Waals surface area contributed by atoms with E-state index in [-0.39, 0.29) is 13.0 Å². The fourth-order valence-corrected chi connectivity index (χ4v) is 1.76. The Labute approximate surface area is 118 Å². The number of aliphatic carboxylic acids is 1. The molecule has 0 bridgehead atoms. The van der Waals surface area contributed by atoms with E-state index >= 15 is 0 Å². The van der Waals surface area contributed by atoms with Crippen LogP contribution in [0.4, 0.5) is 10.5 Å². The van der Waals surface area contributed by atoms with Gasteiger partial charge < -0.3 is 20.5 Å². The maximum atomic E-state index is 11.8. The van der Waals surface area contributed by atoms with Crippen LogP contribution in [-0.4, -0.2) is 36.9 Å². The number of amides is 2. The second-order valence-electron chi connectivity index (χ2n) is 4.59. The number of rotatable bonds is 6. The Bertz CT molecular complexity index is 488. The molecule has 0 aliphatic heterocycles. The average Bonchev–Trinajstić information content (AvgIpc) is 2.37. The van der Waals surface area contributed by atoms with Crippen molar-refractivity contribution in [3.05, 3.63) is 29.3 Å². The number of nitrogens with one attached hydrogen (secondary N) is 2. The normalized spacial score (nSPS) is 11.8. The molecule has 0 radical (unpaired) electrons. The van der Waals surface area contributed by atoms with Gasteiger partial charge in [-0.1, -0.05) is 17.7 Å². The quantitative estimate of drug-likeness (QED) is 0.743. The first-order chi connectivity index (χ1) is 9.43. The predicted octanol–water partition coefficient (Wildman–Crippen LogP) is 1.91. The van der Waals surface area contributed by atoms with Gasteiger partial charge in [-0.05, 0) is 25.5 Å². The van der Waals surface area contributed by atoms with Crippen LogP contribution in [0.2, 0.25) is 0 Å². The Morgan fingerprint density at radius 2 is 2.05 bits per heavy atom. The Hall–Kier alpha value is -2.08. The van der Waals surface area contributed by atoms with Gasteiger partial charge in [0.05, 0.1) is 0 Å². The van der Waals surface area contributed by atoms with Gasteiger partial charge in [0.15, 0.2) is 0 Å². The first-order valence-electron chi connectivity index (χ1n) is 6.30. The standard InChI is InChI=1S/C14H20N2O4/c1-9-4-5-11(10(2)8-9)15-14(19)16-12(13(17)18)6-7-20-3/h4-5,8,12H,6-7H2,1-3H3,(H,17,18)(H2,15,16,19). The molecule has 0 saturated heterocycles. The van der Waals surface area contributed by atoms with E-state index in [0.717, 1.165) is 11.1 Å². The summed E-state index contributed by atoms with van der Waals surface area (Å²) >= 11 is 0. The van der Waals surface area contributed by atoms with Crippen LogP contribution in [0.15, 0.2) is 18.2 Å².